The van der Waals surface area contributed by atoms with Crippen molar-refractivity contribution in [2.24, 2.45) is 0 Å². The number of hydrogen-bond donors (Lipinski definition) is 4. The summed E-state index contributed by atoms with van der Waals surface area (Å²) < 4.78 is 103. The van der Waals surface area contributed by atoms with Gasteiger partial charge in [-0.1, -0.05) is 0 Å². The molecular formula is C13H18F9N3O4. The van der Waals surface area contributed by atoms with Gasteiger partial charge in [0, 0.05) is 13.1 Å². The lowest BCUT2D eigenvalue weighted by molar-refractivity contribution is -0.192. The summed E-state index contributed by atoms with van der Waals surface area (Å²) in [6.45, 7) is 0.552. The fourth-order valence-electron chi connectivity index (χ4n) is 1.32. The summed E-state index contributed by atoms with van der Waals surface area (Å²) in [7, 11) is 0. The zero-order valence-electron chi connectivity index (χ0n) is 14.5. The summed E-state index contributed by atoms with van der Waals surface area (Å²) in [5.41, 5.74) is 0. The van der Waals surface area contributed by atoms with Crippen molar-refractivity contribution in [1.29, 1.82) is 0 Å². The maximum atomic E-state index is 11.8. The van der Waals surface area contributed by atoms with Crippen LogP contribution in [0.3, 0.4) is 0 Å². The fourth-order valence-corrected chi connectivity index (χ4v) is 1.32. The first-order chi connectivity index (χ1) is 13.0. The molecule has 2 amide bonds. The summed E-state index contributed by atoms with van der Waals surface area (Å²) in [6, 6.07) is 0. The molecule has 29 heavy (non-hydrogen) atoms. The van der Waals surface area contributed by atoms with Crippen molar-refractivity contribution < 1.29 is 59.0 Å². The summed E-state index contributed by atoms with van der Waals surface area (Å²) in [4.78, 5) is 29.8. The average Bonchev–Trinajstić information content (AvgIpc) is 2.53. The molecule has 0 aromatic carbocycles. The predicted molar refractivity (Wildman–Crippen MR) is 78.5 cm³/mol. The third-order valence-electron chi connectivity index (χ3n) is 2.64. The van der Waals surface area contributed by atoms with E-state index in [9.17, 15) is 49.1 Å². The normalized spacial score (nSPS) is 11.9. The molecule has 172 valence electrons. The van der Waals surface area contributed by atoms with Crippen molar-refractivity contribution in [2.75, 3.05) is 26.2 Å². The van der Waals surface area contributed by atoms with Crippen molar-refractivity contribution in [3.05, 3.63) is 0 Å². The number of alkyl halides is 9. The van der Waals surface area contributed by atoms with Crippen LogP contribution in [0, 0.1) is 0 Å². The molecule has 0 unspecified atom stereocenters. The van der Waals surface area contributed by atoms with Gasteiger partial charge in [-0.3, -0.25) is 9.59 Å². The van der Waals surface area contributed by atoms with Gasteiger partial charge in [0.25, 0.3) is 0 Å². The molecule has 4 N–H and O–H groups in total. The van der Waals surface area contributed by atoms with Crippen LogP contribution < -0.4 is 16.0 Å². The number of halogens is 9. The Morgan fingerprint density at radius 3 is 1.24 bits per heavy atom. The molecule has 16 heteroatoms. The molecule has 0 aliphatic carbocycles. The monoisotopic (exact) mass is 451 g/mol. The Hall–Kier alpha value is -2.26. The van der Waals surface area contributed by atoms with Crippen molar-refractivity contribution in [2.45, 2.75) is 37.8 Å². The van der Waals surface area contributed by atoms with Crippen LogP contribution in [0.4, 0.5) is 39.5 Å². The van der Waals surface area contributed by atoms with Gasteiger partial charge in [0.1, 0.15) is 0 Å². The van der Waals surface area contributed by atoms with Gasteiger partial charge in [-0.15, -0.1) is 0 Å². The van der Waals surface area contributed by atoms with E-state index in [0.29, 0.717) is 25.9 Å². The molecule has 0 aromatic heterocycles. The average molecular weight is 451 g/mol. The number of unbranched alkanes of at least 4 members (excludes halogenated alkanes) is 1. The number of aliphatic carboxylic acids is 1. The quantitative estimate of drug-likeness (QED) is 0.316. The molecule has 0 aliphatic rings. The van der Waals surface area contributed by atoms with Gasteiger partial charge >= 0.3 is 36.3 Å². The number of hydrogen-bond acceptors (Lipinski definition) is 4. The number of carboxylic acid groups (broad SMARTS) is 1. The summed E-state index contributed by atoms with van der Waals surface area (Å²) >= 11 is 0. The van der Waals surface area contributed by atoms with Crippen LogP contribution in [0.5, 0.6) is 0 Å². The number of rotatable bonds is 9. The van der Waals surface area contributed by atoms with Crippen LogP contribution in [0.15, 0.2) is 0 Å². The standard InChI is InChI=1S/C11H17F6N3O2.C2HF3O2/c12-10(13,14)8(21)19-6-2-1-4-18-5-3-7-20-9(22)11(15,16)17;3-2(4,5)1(6)7/h18H,1-7H2,(H,19,21)(H,20,22);(H,6,7). The molecule has 0 bridgehead atoms. The topological polar surface area (TPSA) is 108 Å². The van der Waals surface area contributed by atoms with Gasteiger partial charge in [0.05, 0.1) is 0 Å². The van der Waals surface area contributed by atoms with E-state index < -0.39 is 36.3 Å². The second-order valence-corrected chi connectivity index (χ2v) is 5.12. The van der Waals surface area contributed by atoms with Gasteiger partial charge in [-0.05, 0) is 32.4 Å². The van der Waals surface area contributed by atoms with E-state index in [2.05, 4.69) is 5.32 Å². The molecule has 0 atom stereocenters. The highest BCUT2D eigenvalue weighted by Crippen LogP contribution is 2.14. The fraction of sp³-hybridized carbons (Fsp3) is 0.769. The van der Waals surface area contributed by atoms with E-state index in [1.165, 1.54) is 0 Å². The van der Waals surface area contributed by atoms with Crippen LogP contribution in [0.1, 0.15) is 19.3 Å². The Labute approximate surface area is 158 Å². The van der Waals surface area contributed by atoms with E-state index in [4.69, 9.17) is 9.90 Å². The Kier molecular flexibility index (Phi) is 13.0. The molecule has 0 saturated carbocycles. The van der Waals surface area contributed by atoms with Crippen molar-refractivity contribution in [3.63, 3.8) is 0 Å². The highest BCUT2D eigenvalue weighted by atomic mass is 19.4. The van der Waals surface area contributed by atoms with Crippen molar-refractivity contribution in [1.82, 2.24) is 16.0 Å². The molecular weight excluding hydrogens is 433 g/mol. The maximum absolute atomic E-state index is 11.8. The number of carbonyl (C=O) groups is 3. The highest BCUT2D eigenvalue weighted by Gasteiger charge is 2.39. The first-order valence-electron chi connectivity index (χ1n) is 7.70. The Morgan fingerprint density at radius 2 is 0.897 bits per heavy atom. The predicted octanol–water partition coefficient (Wildman–Crippen LogP) is 1.74. The SMILES string of the molecule is O=C(NCCCCNCCCNC(=O)C(F)(F)F)C(F)(F)F.O=C(O)C(F)(F)F. The zero-order valence-corrected chi connectivity index (χ0v) is 14.5. The van der Waals surface area contributed by atoms with E-state index in [1.54, 1.807) is 10.6 Å². The van der Waals surface area contributed by atoms with Crippen LogP contribution in [0.2, 0.25) is 0 Å². The highest BCUT2D eigenvalue weighted by molar-refractivity contribution is 5.81. The van der Waals surface area contributed by atoms with Crippen LogP contribution in [0.25, 0.3) is 0 Å². The molecule has 0 rings (SSSR count). The second kappa shape index (κ2) is 13.1. The number of amides is 2. The molecule has 0 radical (unpaired) electrons. The van der Waals surface area contributed by atoms with Crippen molar-refractivity contribution in [3.8, 4) is 0 Å². The molecule has 0 spiro atoms. The number of carbonyl (C=O) groups excluding carboxylic acids is 2. The number of carboxylic acids is 1. The minimum Gasteiger partial charge on any atom is -0.475 e. The third-order valence-corrected chi connectivity index (χ3v) is 2.64. The first kappa shape index (κ1) is 28.9. The summed E-state index contributed by atoms with van der Waals surface area (Å²) in [5, 5.41) is 13.4. The Bertz CT molecular complexity index is 485. The van der Waals surface area contributed by atoms with Crippen molar-refractivity contribution >= 4 is 17.8 Å². The van der Waals surface area contributed by atoms with Crippen LogP contribution >= 0.6 is 0 Å². The first-order valence-corrected chi connectivity index (χ1v) is 7.70. The van der Waals surface area contributed by atoms with Gasteiger partial charge < -0.3 is 21.1 Å². The van der Waals surface area contributed by atoms with E-state index in [-0.39, 0.29) is 19.5 Å². The molecule has 0 aromatic rings. The largest absolute Gasteiger partial charge is 0.490 e. The van der Waals surface area contributed by atoms with Gasteiger partial charge in [0.15, 0.2) is 0 Å². The van der Waals surface area contributed by atoms with E-state index in [0.717, 1.165) is 0 Å². The lowest BCUT2D eigenvalue weighted by Gasteiger charge is -2.09. The third kappa shape index (κ3) is 17.6. The van der Waals surface area contributed by atoms with E-state index >= 15 is 0 Å². The lowest BCUT2D eigenvalue weighted by atomic mass is 10.3. The minimum absolute atomic E-state index is 0.109. The lowest BCUT2D eigenvalue weighted by Crippen LogP contribution is -2.38. The second-order valence-electron chi connectivity index (χ2n) is 5.12. The Balaban J connectivity index is 0. The smallest absolute Gasteiger partial charge is 0.475 e. The van der Waals surface area contributed by atoms with Gasteiger partial charge in [0.2, 0.25) is 0 Å². The minimum atomic E-state index is -5.08. The maximum Gasteiger partial charge on any atom is 0.490 e. The van der Waals surface area contributed by atoms with Crippen LogP contribution in [-0.2, 0) is 14.4 Å². The van der Waals surface area contributed by atoms with E-state index in [1.807, 2.05) is 0 Å². The molecule has 0 saturated heterocycles. The Morgan fingerprint density at radius 1 is 0.586 bits per heavy atom. The number of nitrogens with one attached hydrogen (secondary N) is 3. The van der Waals surface area contributed by atoms with Gasteiger partial charge in [-0.2, -0.15) is 39.5 Å². The molecule has 0 heterocycles. The summed E-state index contributed by atoms with van der Waals surface area (Å²) in [6.07, 6.45) is -13.8. The van der Waals surface area contributed by atoms with Crippen LogP contribution in [-0.4, -0.2) is 67.6 Å². The summed E-state index contributed by atoms with van der Waals surface area (Å²) in [5.74, 6) is -6.73. The molecule has 7 nitrogen and oxygen atoms in total. The molecule has 0 fully saturated rings. The molecule has 0 aliphatic heterocycles. The zero-order chi connectivity index (χ0) is 23.3. The van der Waals surface area contributed by atoms with Gasteiger partial charge in [-0.25, -0.2) is 4.79 Å².